The van der Waals surface area contributed by atoms with Gasteiger partial charge in [-0.15, -0.1) is 0 Å². The lowest BCUT2D eigenvalue weighted by Crippen LogP contribution is -2.35. The van der Waals surface area contributed by atoms with E-state index in [9.17, 15) is 0 Å². The van der Waals surface area contributed by atoms with Crippen LogP contribution in [0.2, 0.25) is 0 Å². The number of anilines is 3. The van der Waals surface area contributed by atoms with Gasteiger partial charge < -0.3 is 14.8 Å². The van der Waals surface area contributed by atoms with Crippen LogP contribution in [0.1, 0.15) is 5.56 Å². The summed E-state index contributed by atoms with van der Waals surface area (Å²) in [6.07, 6.45) is 3.49. The molecule has 2 N–H and O–H groups in total. The van der Waals surface area contributed by atoms with E-state index in [0.717, 1.165) is 45.5 Å². The predicted octanol–water partition coefficient (Wildman–Crippen LogP) is 4.24. The summed E-state index contributed by atoms with van der Waals surface area (Å²) in [5.74, 6) is 2.73. The molecule has 0 saturated carbocycles. The minimum absolute atomic E-state index is 0.150. The fourth-order valence-electron chi connectivity index (χ4n) is 3.98. The lowest BCUT2D eigenvalue weighted by molar-refractivity contribution is 0.0996. The standard InChI is InChI=1S/C24H20N6O2/c1-15-18-13-27-29-22(18)19-12-26-24(28-23(19)30(15)16-7-3-2-4-8-16)25-11-17-14-31-20-9-5-6-10-21(20)32-17/h2-10,12-13,17H,1,11,14H2,(H,27,29)(H,25,26,28). The fourth-order valence-corrected chi connectivity index (χ4v) is 3.98. The number of aromatic nitrogens is 4. The van der Waals surface area contributed by atoms with Gasteiger partial charge in [-0.3, -0.25) is 10.00 Å². The Kier molecular flexibility index (Phi) is 4.28. The Bertz CT molecular complexity index is 1300. The summed E-state index contributed by atoms with van der Waals surface area (Å²) < 4.78 is 11.8. The quantitative estimate of drug-likeness (QED) is 0.507. The van der Waals surface area contributed by atoms with Crippen molar-refractivity contribution in [2.24, 2.45) is 0 Å². The number of para-hydroxylation sites is 3. The Morgan fingerprint density at radius 2 is 1.88 bits per heavy atom. The van der Waals surface area contributed by atoms with Crippen LogP contribution in [0.5, 0.6) is 11.5 Å². The second kappa shape index (κ2) is 7.42. The van der Waals surface area contributed by atoms with Crippen LogP contribution >= 0.6 is 0 Å². The van der Waals surface area contributed by atoms with Gasteiger partial charge in [0.05, 0.1) is 17.8 Å². The van der Waals surface area contributed by atoms with E-state index in [2.05, 4.69) is 27.1 Å². The van der Waals surface area contributed by atoms with Gasteiger partial charge in [-0.25, -0.2) is 4.98 Å². The SMILES string of the molecule is C=C1c2c[nH]nc2-c2cnc(NCC3COc4ccccc4O3)nc2N1c1ccccc1. The molecule has 1 atom stereocenters. The molecule has 2 aliphatic rings. The Hall–Kier alpha value is -4.33. The van der Waals surface area contributed by atoms with Gasteiger partial charge in [0.2, 0.25) is 5.95 Å². The zero-order chi connectivity index (χ0) is 21.5. The normalized spacial score (nSPS) is 16.3. The van der Waals surface area contributed by atoms with E-state index in [1.807, 2.05) is 65.7 Å². The average Bonchev–Trinajstić information content (AvgIpc) is 3.34. The molecular weight excluding hydrogens is 404 g/mol. The molecule has 0 aliphatic carbocycles. The molecule has 158 valence electrons. The second-order valence-electron chi connectivity index (χ2n) is 7.57. The highest BCUT2D eigenvalue weighted by atomic mass is 16.6. The summed E-state index contributed by atoms with van der Waals surface area (Å²) in [4.78, 5) is 11.4. The summed E-state index contributed by atoms with van der Waals surface area (Å²) in [7, 11) is 0. The number of nitrogens with zero attached hydrogens (tertiary/aromatic N) is 4. The van der Waals surface area contributed by atoms with E-state index in [-0.39, 0.29) is 6.10 Å². The number of aromatic amines is 1. The van der Waals surface area contributed by atoms with Gasteiger partial charge in [-0.1, -0.05) is 36.9 Å². The van der Waals surface area contributed by atoms with Crippen molar-refractivity contribution in [1.29, 1.82) is 0 Å². The average molecular weight is 424 g/mol. The number of fused-ring (bicyclic) bond motifs is 4. The maximum absolute atomic E-state index is 6.03. The number of benzene rings is 2. The van der Waals surface area contributed by atoms with Crippen LogP contribution in [-0.4, -0.2) is 39.4 Å². The highest BCUT2D eigenvalue weighted by Gasteiger charge is 2.30. The van der Waals surface area contributed by atoms with Gasteiger partial charge in [-0.2, -0.15) is 10.1 Å². The number of hydrogen-bond donors (Lipinski definition) is 2. The first-order chi connectivity index (χ1) is 15.8. The molecule has 8 heteroatoms. The zero-order valence-corrected chi connectivity index (χ0v) is 17.2. The molecule has 2 aromatic heterocycles. The van der Waals surface area contributed by atoms with E-state index >= 15 is 0 Å². The van der Waals surface area contributed by atoms with E-state index in [0.29, 0.717) is 19.1 Å². The Morgan fingerprint density at radius 1 is 1.06 bits per heavy atom. The van der Waals surface area contributed by atoms with Crippen molar-refractivity contribution in [2.45, 2.75) is 6.10 Å². The number of rotatable bonds is 4. The molecule has 2 aliphatic heterocycles. The van der Waals surface area contributed by atoms with Crippen LogP contribution in [0.15, 0.2) is 73.6 Å². The predicted molar refractivity (Wildman–Crippen MR) is 122 cm³/mol. The molecule has 0 bridgehead atoms. The largest absolute Gasteiger partial charge is 0.486 e. The van der Waals surface area contributed by atoms with Crippen molar-refractivity contribution >= 4 is 23.2 Å². The number of hydrogen-bond acceptors (Lipinski definition) is 7. The third kappa shape index (κ3) is 3.04. The molecule has 0 saturated heterocycles. The van der Waals surface area contributed by atoms with Crippen molar-refractivity contribution in [1.82, 2.24) is 20.2 Å². The van der Waals surface area contributed by atoms with Crippen molar-refractivity contribution in [2.75, 3.05) is 23.4 Å². The number of ether oxygens (including phenoxy) is 2. The molecular formula is C24H20N6O2. The third-order valence-electron chi connectivity index (χ3n) is 5.53. The van der Waals surface area contributed by atoms with Crippen LogP contribution in [0.4, 0.5) is 17.5 Å². The molecule has 2 aromatic carbocycles. The molecule has 4 heterocycles. The van der Waals surface area contributed by atoms with Gasteiger partial charge in [0.25, 0.3) is 0 Å². The minimum atomic E-state index is -0.150. The van der Waals surface area contributed by atoms with Crippen LogP contribution in [0.25, 0.3) is 17.0 Å². The molecule has 0 amide bonds. The van der Waals surface area contributed by atoms with Gasteiger partial charge in [0.1, 0.15) is 18.4 Å². The summed E-state index contributed by atoms with van der Waals surface area (Å²) in [6, 6.07) is 17.7. The van der Waals surface area contributed by atoms with Gasteiger partial charge in [0.15, 0.2) is 17.3 Å². The molecule has 32 heavy (non-hydrogen) atoms. The molecule has 0 spiro atoms. The number of nitrogens with one attached hydrogen (secondary N) is 2. The van der Waals surface area contributed by atoms with Crippen LogP contribution in [0.3, 0.4) is 0 Å². The molecule has 6 rings (SSSR count). The minimum Gasteiger partial charge on any atom is -0.486 e. The zero-order valence-electron chi connectivity index (χ0n) is 17.2. The summed E-state index contributed by atoms with van der Waals surface area (Å²) >= 11 is 0. The van der Waals surface area contributed by atoms with Gasteiger partial charge >= 0.3 is 0 Å². The van der Waals surface area contributed by atoms with E-state index in [1.165, 1.54) is 0 Å². The summed E-state index contributed by atoms with van der Waals surface area (Å²) in [6.45, 7) is 5.27. The molecule has 0 fully saturated rings. The molecule has 1 unspecified atom stereocenters. The van der Waals surface area contributed by atoms with E-state index < -0.39 is 0 Å². The van der Waals surface area contributed by atoms with Gasteiger partial charge in [0, 0.05) is 23.6 Å². The first-order valence-corrected chi connectivity index (χ1v) is 10.4. The van der Waals surface area contributed by atoms with E-state index in [4.69, 9.17) is 14.5 Å². The Labute approximate surface area is 184 Å². The van der Waals surface area contributed by atoms with Crippen molar-refractivity contribution in [3.05, 3.63) is 79.1 Å². The van der Waals surface area contributed by atoms with Crippen molar-refractivity contribution in [3.63, 3.8) is 0 Å². The van der Waals surface area contributed by atoms with Crippen molar-refractivity contribution in [3.8, 4) is 22.8 Å². The Morgan fingerprint density at radius 3 is 2.75 bits per heavy atom. The maximum atomic E-state index is 6.03. The lowest BCUT2D eigenvalue weighted by atomic mass is 10.0. The Balaban J connectivity index is 1.30. The lowest BCUT2D eigenvalue weighted by Gasteiger charge is -2.31. The topological polar surface area (TPSA) is 88.2 Å². The summed E-state index contributed by atoms with van der Waals surface area (Å²) in [5.41, 5.74) is 4.34. The van der Waals surface area contributed by atoms with Crippen LogP contribution < -0.4 is 19.7 Å². The summed E-state index contributed by atoms with van der Waals surface area (Å²) in [5, 5.41) is 10.6. The maximum Gasteiger partial charge on any atom is 0.224 e. The monoisotopic (exact) mass is 424 g/mol. The highest BCUT2D eigenvalue weighted by Crippen LogP contribution is 2.45. The number of H-pyrrole nitrogens is 1. The third-order valence-corrected chi connectivity index (χ3v) is 5.53. The van der Waals surface area contributed by atoms with Crippen LogP contribution in [-0.2, 0) is 0 Å². The molecule has 0 radical (unpaired) electrons. The first-order valence-electron chi connectivity index (χ1n) is 10.4. The molecule has 8 nitrogen and oxygen atoms in total. The smallest absolute Gasteiger partial charge is 0.224 e. The van der Waals surface area contributed by atoms with Gasteiger partial charge in [-0.05, 0) is 24.3 Å². The van der Waals surface area contributed by atoms with Crippen molar-refractivity contribution < 1.29 is 9.47 Å². The second-order valence-corrected chi connectivity index (χ2v) is 7.57. The molecule has 4 aromatic rings. The fraction of sp³-hybridized carbons (Fsp3) is 0.125. The van der Waals surface area contributed by atoms with Crippen LogP contribution in [0, 0.1) is 0 Å². The first kappa shape index (κ1) is 18.4. The highest BCUT2D eigenvalue weighted by molar-refractivity contribution is 5.99. The van der Waals surface area contributed by atoms with E-state index in [1.54, 1.807) is 6.20 Å².